The molecule has 1 aliphatic rings. The van der Waals surface area contributed by atoms with Gasteiger partial charge in [0.25, 0.3) is 0 Å². The minimum atomic E-state index is -1.28. The van der Waals surface area contributed by atoms with Crippen LogP contribution in [0.5, 0.6) is 0 Å². The Labute approximate surface area is 144 Å². The van der Waals surface area contributed by atoms with Crippen LogP contribution in [0, 0.1) is 17.2 Å². The van der Waals surface area contributed by atoms with E-state index in [1.807, 2.05) is 6.07 Å². The summed E-state index contributed by atoms with van der Waals surface area (Å²) in [6.45, 7) is 0.720. The zero-order valence-corrected chi connectivity index (χ0v) is 13.8. The van der Waals surface area contributed by atoms with Crippen molar-refractivity contribution in [2.75, 3.05) is 6.61 Å². The first-order chi connectivity index (χ1) is 11.6. The third-order valence-electron chi connectivity index (χ3n) is 4.36. The lowest BCUT2D eigenvalue weighted by Crippen LogP contribution is -2.23. The number of Topliss-reactive ketones (excluding diaryl/α,β-unsaturated/α-hetero) is 2. The maximum Gasteiger partial charge on any atom is 0.189 e. The number of nitrogens with one attached hydrogen (secondary N) is 1. The first-order valence-electron chi connectivity index (χ1n) is 7.95. The number of aromatic amines is 1. The Balaban J connectivity index is 1.75. The molecule has 0 radical (unpaired) electrons. The van der Waals surface area contributed by atoms with Gasteiger partial charge >= 0.3 is 0 Å². The molecule has 0 spiro atoms. The molecule has 24 heavy (non-hydrogen) atoms. The van der Waals surface area contributed by atoms with Gasteiger partial charge in [-0.3, -0.25) is 9.59 Å². The highest BCUT2D eigenvalue weighted by Gasteiger charge is 2.29. The van der Waals surface area contributed by atoms with E-state index < -0.39 is 11.7 Å². The molecule has 3 rings (SSSR count). The minimum Gasteiger partial charge on any atom is -0.378 e. The lowest BCUT2D eigenvalue weighted by molar-refractivity contribution is -0.120. The Bertz CT molecular complexity index is 815. The molecule has 6 heteroatoms. The average molecular weight is 345 g/mol. The van der Waals surface area contributed by atoms with Gasteiger partial charge in [0.15, 0.2) is 17.5 Å². The average Bonchev–Trinajstić information content (AvgIpc) is 3.22. The second kappa shape index (κ2) is 7.16. The van der Waals surface area contributed by atoms with E-state index in [4.69, 9.17) is 16.3 Å². The molecular formula is C18H17ClN2O3. The zero-order valence-electron chi connectivity index (χ0n) is 13.0. The zero-order chi connectivity index (χ0) is 17.1. The van der Waals surface area contributed by atoms with Crippen molar-refractivity contribution in [2.24, 2.45) is 5.92 Å². The molecule has 2 heterocycles. The van der Waals surface area contributed by atoms with E-state index in [-0.39, 0.29) is 18.3 Å². The van der Waals surface area contributed by atoms with Crippen LogP contribution in [0.2, 0.25) is 5.02 Å². The first-order valence-corrected chi connectivity index (χ1v) is 8.32. The summed E-state index contributed by atoms with van der Waals surface area (Å²) in [4.78, 5) is 27.9. The minimum absolute atomic E-state index is 0.0682. The van der Waals surface area contributed by atoms with Gasteiger partial charge < -0.3 is 9.72 Å². The number of hydrogen-bond donors (Lipinski definition) is 1. The van der Waals surface area contributed by atoms with Crippen molar-refractivity contribution in [2.45, 2.75) is 31.8 Å². The van der Waals surface area contributed by atoms with Gasteiger partial charge in [-0.05, 0) is 31.4 Å². The molecule has 5 nitrogen and oxygen atoms in total. The van der Waals surface area contributed by atoms with Crippen LogP contribution < -0.4 is 0 Å². The van der Waals surface area contributed by atoms with Crippen molar-refractivity contribution in [1.29, 1.82) is 5.26 Å². The molecule has 1 aromatic heterocycles. The predicted molar refractivity (Wildman–Crippen MR) is 90.0 cm³/mol. The Morgan fingerprint density at radius 3 is 3.00 bits per heavy atom. The quantitative estimate of drug-likeness (QED) is 0.640. The highest BCUT2D eigenvalue weighted by atomic mass is 35.5. The molecule has 0 bridgehead atoms. The van der Waals surface area contributed by atoms with Gasteiger partial charge in [-0.1, -0.05) is 17.7 Å². The molecule has 2 atom stereocenters. The Morgan fingerprint density at radius 2 is 2.29 bits per heavy atom. The Kier molecular flexibility index (Phi) is 4.98. The highest BCUT2D eigenvalue weighted by molar-refractivity contribution is 6.31. The maximum atomic E-state index is 12.6. The van der Waals surface area contributed by atoms with Crippen molar-refractivity contribution in [3.05, 3.63) is 35.0 Å². The van der Waals surface area contributed by atoms with Crippen LogP contribution in [-0.4, -0.2) is 29.3 Å². The number of rotatable bonds is 6. The fraction of sp³-hybridized carbons (Fsp3) is 0.389. The van der Waals surface area contributed by atoms with Crippen LogP contribution in [-0.2, 0) is 9.53 Å². The van der Waals surface area contributed by atoms with E-state index in [1.165, 1.54) is 6.20 Å². The normalized spacial score (nSPS) is 18.4. The number of carbonyl (C=O) groups excluding carboxylic acids is 2. The van der Waals surface area contributed by atoms with Gasteiger partial charge in [0, 0.05) is 40.7 Å². The molecule has 1 N–H and O–H groups in total. The summed E-state index contributed by atoms with van der Waals surface area (Å²) in [7, 11) is 0. The van der Waals surface area contributed by atoms with Crippen molar-refractivity contribution >= 4 is 34.1 Å². The number of carbonyl (C=O) groups is 2. The third kappa shape index (κ3) is 3.35. The number of H-pyrrole nitrogens is 1. The van der Waals surface area contributed by atoms with Crippen molar-refractivity contribution in [3.8, 4) is 6.07 Å². The van der Waals surface area contributed by atoms with Crippen LogP contribution in [0.1, 0.15) is 36.0 Å². The van der Waals surface area contributed by atoms with Crippen molar-refractivity contribution < 1.29 is 14.3 Å². The predicted octanol–water partition coefficient (Wildman–Crippen LogP) is 3.67. The van der Waals surface area contributed by atoms with Crippen LogP contribution >= 0.6 is 11.6 Å². The monoisotopic (exact) mass is 344 g/mol. The van der Waals surface area contributed by atoms with Gasteiger partial charge in [-0.15, -0.1) is 0 Å². The summed E-state index contributed by atoms with van der Waals surface area (Å²) in [6, 6.07) is 6.95. The van der Waals surface area contributed by atoms with Crippen LogP contribution in [0.15, 0.2) is 24.4 Å². The van der Waals surface area contributed by atoms with Gasteiger partial charge in [0.05, 0.1) is 12.2 Å². The molecule has 1 fully saturated rings. The molecule has 1 aliphatic heterocycles. The van der Waals surface area contributed by atoms with Crippen LogP contribution in [0.3, 0.4) is 0 Å². The molecule has 1 saturated heterocycles. The largest absolute Gasteiger partial charge is 0.378 e. The van der Waals surface area contributed by atoms with Gasteiger partial charge in [0.2, 0.25) is 0 Å². The number of aromatic nitrogens is 1. The molecule has 0 amide bonds. The van der Waals surface area contributed by atoms with E-state index in [9.17, 15) is 14.9 Å². The van der Waals surface area contributed by atoms with E-state index in [0.29, 0.717) is 27.9 Å². The van der Waals surface area contributed by atoms with Crippen molar-refractivity contribution in [1.82, 2.24) is 4.98 Å². The first kappa shape index (κ1) is 16.7. The number of ketones is 2. The molecular weight excluding hydrogens is 328 g/mol. The van der Waals surface area contributed by atoms with Crippen LogP contribution in [0.25, 0.3) is 10.9 Å². The summed E-state index contributed by atoms with van der Waals surface area (Å²) in [5, 5.41) is 10.5. The lowest BCUT2D eigenvalue weighted by atomic mass is 9.91. The molecule has 0 saturated carbocycles. The number of fused-ring (bicyclic) bond motifs is 1. The second-order valence-corrected chi connectivity index (χ2v) is 6.40. The summed E-state index contributed by atoms with van der Waals surface area (Å²) in [5.41, 5.74) is 1.05. The van der Waals surface area contributed by atoms with E-state index in [0.717, 1.165) is 19.4 Å². The number of ether oxygens (including phenoxy) is 1. The Hall–Kier alpha value is -2.16. The number of nitrogens with zero attached hydrogens (tertiary/aromatic N) is 1. The number of nitriles is 1. The molecule has 124 valence electrons. The number of benzene rings is 1. The van der Waals surface area contributed by atoms with Gasteiger partial charge in [-0.25, -0.2) is 0 Å². The fourth-order valence-corrected chi connectivity index (χ4v) is 3.23. The molecule has 0 aliphatic carbocycles. The topological polar surface area (TPSA) is 82.9 Å². The summed E-state index contributed by atoms with van der Waals surface area (Å²) in [5.74, 6) is -2.09. The Morgan fingerprint density at radius 1 is 1.46 bits per heavy atom. The molecule has 0 unspecified atom stereocenters. The van der Waals surface area contributed by atoms with Crippen molar-refractivity contribution in [3.63, 3.8) is 0 Å². The van der Waals surface area contributed by atoms with Gasteiger partial charge in [0.1, 0.15) is 0 Å². The summed E-state index contributed by atoms with van der Waals surface area (Å²) in [6.07, 6.45) is 4.27. The maximum absolute atomic E-state index is 12.6. The molecule has 1 aromatic carbocycles. The van der Waals surface area contributed by atoms with Crippen LogP contribution in [0.4, 0.5) is 0 Å². The molecule has 2 aromatic rings. The summed E-state index contributed by atoms with van der Waals surface area (Å²) < 4.78 is 5.48. The van der Waals surface area contributed by atoms with Gasteiger partial charge in [-0.2, -0.15) is 5.26 Å². The fourth-order valence-electron chi connectivity index (χ4n) is 3.05. The van der Waals surface area contributed by atoms with E-state index in [1.54, 1.807) is 18.2 Å². The number of hydrogen-bond acceptors (Lipinski definition) is 4. The summed E-state index contributed by atoms with van der Waals surface area (Å²) >= 11 is 5.93. The highest BCUT2D eigenvalue weighted by Crippen LogP contribution is 2.25. The number of halogens is 1. The standard InChI is InChI=1S/C18H17ClN2O3/c19-11-3-5-13-15(10-21-16(13)8-11)18(23)14(9-20)17(22)6-4-12-2-1-7-24-12/h3,5,8,10,12,14,21H,1-2,4,6-7H2/t12-,14+/m1/s1. The SMILES string of the molecule is N#C[C@@H](C(=O)CC[C@H]1CCCO1)C(=O)c1c[nH]c2cc(Cl)ccc12. The van der Waals surface area contributed by atoms with E-state index >= 15 is 0 Å². The van der Waals surface area contributed by atoms with E-state index in [2.05, 4.69) is 4.98 Å². The third-order valence-corrected chi connectivity index (χ3v) is 4.59. The second-order valence-electron chi connectivity index (χ2n) is 5.96. The smallest absolute Gasteiger partial charge is 0.189 e. The lowest BCUT2D eigenvalue weighted by Gasteiger charge is -2.10.